The molecule has 0 unspecified atom stereocenters. The summed E-state index contributed by atoms with van der Waals surface area (Å²) in [6.45, 7) is 3.72. The van der Waals surface area contributed by atoms with E-state index >= 15 is 0 Å². The lowest BCUT2D eigenvalue weighted by molar-refractivity contribution is 0.174. The summed E-state index contributed by atoms with van der Waals surface area (Å²) in [7, 11) is 1.67. The van der Waals surface area contributed by atoms with Crippen LogP contribution in [0.5, 0.6) is 17.2 Å². The van der Waals surface area contributed by atoms with E-state index in [9.17, 15) is 0 Å². The highest BCUT2D eigenvalue weighted by Crippen LogP contribution is 2.36. The molecule has 4 rings (SSSR count). The summed E-state index contributed by atoms with van der Waals surface area (Å²) in [5.74, 6) is 2.32. The van der Waals surface area contributed by atoms with Gasteiger partial charge < -0.3 is 24.5 Å². The van der Waals surface area contributed by atoms with E-state index in [1.165, 1.54) is 0 Å². The van der Waals surface area contributed by atoms with Gasteiger partial charge in [0.25, 0.3) is 0 Å². The van der Waals surface area contributed by atoms with E-state index in [2.05, 4.69) is 9.95 Å². The van der Waals surface area contributed by atoms with Crippen LogP contribution in [0.2, 0.25) is 0 Å². The molecule has 0 amide bonds. The van der Waals surface area contributed by atoms with Crippen molar-refractivity contribution >= 4 is 17.0 Å². The fraction of sp³-hybridized carbons (Fsp3) is 0.286. The van der Waals surface area contributed by atoms with E-state index < -0.39 is 0 Å². The van der Waals surface area contributed by atoms with Crippen molar-refractivity contribution < 1.29 is 14.2 Å². The van der Waals surface area contributed by atoms with Crippen molar-refractivity contribution in [3.8, 4) is 28.5 Å². The maximum atomic E-state index is 5.78. The van der Waals surface area contributed by atoms with E-state index in [0.717, 1.165) is 57.5 Å². The standard InChI is InChI=1S/C21H23N3O3S/c1-14-4-6-16(19(10-14)25-2)23-21-24(9-3-8-22)17(12-28-21)15-5-7-18-20(11-15)27-13-26-18/h4-7,10-12H,3,8-9,13,22H2,1-2H3/b23-21-. The minimum absolute atomic E-state index is 0.267. The molecule has 0 atom stereocenters. The Morgan fingerprint density at radius 1 is 1.18 bits per heavy atom. The van der Waals surface area contributed by atoms with Crippen LogP contribution in [0.3, 0.4) is 0 Å². The van der Waals surface area contributed by atoms with Crippen LogP contribution in [0.4, 0.5) is 5.69 Å². The zero-order valence-corrected chi connectivity index (χ0v) is 16.8. The number of methoxy groups -OCH3 is 1. The highest BCUT2D eigenvalue weighted by atomic mass is 32.1. The van der Waals surface area contributed by atoms with Crippen molar-refractivity contribution in [3.05, 3.63) is 52.1 Å². The van der Waals surface area contributed by atoms with Gasteiger partial charge in [-0.15, -0.1) is 11.3 Å². The highest BCUT2D eigenvalue weighted by molar-refractivity contribution is 7.07. The van der Waals surface area contributed by atoms with Crippen LogP contribution in [-0.4, -0.2) is 25.0 Å². The van der Waals surface area contributed by atoms with Crippen LogP contribution < -0.4 is 24.7 Å². The molecule has 28 heavy (non-hydrogen) atoms. The molecule has 3 aromatic rings. The topological polar surface area (TPSA) is 71.0 Å². The minimum atomic E-state index is 0.267. The molecule has 1 aliphatic rings. The molecule has 2 aromatic carbocycles. The summed E-state index contributed by atoms with van der Waals surface area (Å²) < 4.78 is 18.7. The Kier molecular flexibility index (Phi) is 5.36. The molecule has 2 heterocycles. The zero-order valence-electron chi connectivity index (χ0n) is 16.0. The van der Waals surface area contributed by atoms with Gasteiger partial charge in [0.05, 0.1) is 12.8 Å². The number of ether oxygens (including phenoxy) is 3. The molecule has 146 valence electrons. The minimum Gasteiger partial charge on any atom is -0.494 e. The molecule has 1 aromatic heterocycles. The van der Waals surface area contributed by atoms with Gasteiger partial charge in [-0.1, -0.05) is 6.07 Å². The molecule has 2 N–H and O–H groups in total. The number of thiazole rings is 1. The van der Waals surface area contributed by atoms with Gasteiger partial charge in [-0.25, -0.2) is 4.99 Å². The summed E-state index contributed by atoms with van der Waals surface area (Å²) in [6.07, 6.45) is 0.868. The first-order valence-corrected chi connectivity index (χ1v) is 10.1. The number of nitrogens with zero attached hydrogens (tertiary/aromatic N) is 2. The van der Waals surface area contributed by atoms with Gasteiger partial charge in [-0.3, -0.25) is 0 Å². The number of benzene rings is 2. The van der Waals surface area contributed by atoms with E-state index in [-0.39, 0.29) is 6.79 Å². The first kappa shape index (κ1) is 18.6. The van der Waals surface area contributed by atoms with Crippen LogP contribution in [0.15, 0.2) is 46.8 Å². The van der Waals surface area contributed by atoms with Gasteiger partial charge in [0.2, 0.25) is 6.79 Å². The van der Waals surface area contributed by atoms with Gasteiger partial charge >= 0.3 is 0 Å². The van der Waals surface area contributed by atoms with Crippen molar-refractivity contribution in [1.82, 2.24) is 4.57 Å². The number of fused-ring (bicyclic) bond motifs is 1. The fourth-order valence-corrected chi connectivity index (χ4v) is 4.10. The van der Waals surface area contributed by atoms with Crippen LogP contribution >= 0.6 is 11.3 Å². The summed E-state index contributed by atoms with van der Waals surface area (Å²) in [5, 5.41) is 2.12. The summed E-state index contributed by atoms with van der Waals surface area (Å²) in [5.41, 5.74) is 9.88. The van der Waals surface area contributed by atoms with E-state index in [4.69, 9.17) is 24.9 Å². The Balaban J connectivity index is 1.81. The lowest BCUT2D eigenvalue weighted by atomic mass is 10.1. The maximum Gasteiger partial charge on any atom is 0.231 e. The molecule has 6 nitrogen and oxygen atoms in total. The van der Waals surface area contributed by atoms with Crippen LogP contribution in [0.1, 0.15) is 12.0 Å². The summed E-state index contributed by atoms with van der Waals surface area (Å²) in [6, 6.07) is 12.0. The number of rotatable bonds is 6. The third-order valence-electron chi connectivity index (χ3n) is 4.60. The molecule has 7 heteroatoms. The average Bonchev–Trinajstić information content (AvgIpc) is 3.33. The molecule has 0 saturated carbocycles. The molecule has 0 bridgehead atoms. The molecule has 0 radical (unpaired) electrons. The third-order valence-corrected chi connectivity index (χ3v) is 5.47. The highest BCUT2D eigenvalue weighted by Gasteiger charge is 2.16. The third kappa shape index (κ3) is 3.63. The van der Waals surface area contributed by atoms with Crippen molar-refractivity contribution in [2.24, 2.45) is 10.7 Å². The zero-order chi connectivity index (χ0) is 19.5. The fourth-order valence-electron chi connectivity index (χ4n) is 3.15. The quantitative estimate of drug-likeness (QED) is 0.686. The molecule has 0 fully saturated rings. The second kappa shape index (κ2) is 8.08. The SMILES string of the molecule is COc1cc(C)ccc1/N=c1\scc(-c2ccc3c(c2)OCO3)n1CCCN. The number of hydrogen-bond acceptors (Lipinski definition) is 6. The van der Waals surface area contributed by atoms with Crippen molar-refractivity contribution in [2.45, 2.75) is 19.9 Å². The number of hydrogen-bond donors (Lipinski definition) is 1. The Hall–Kier alpha value is -2.77. The van der Waals surface area contributed by atoms with Gasteiger partial charge in [-0.2, -0.15) is 0 Å². The number of aryl methyl sites for hydroxylation is 1. The molecule has 0 saturated heterocycles. The van der Waals surface area contributed by atoms with Crippen molar-refractivity contribution in [2.75, 3.05) is 20.4 Å². The molecule has 0 spiro atoms. The Labute approximate surface area is 167 Å². The van der Waals surface area contributed by atoms with Crippen LogP contribution in [0, 0.1) is 6.92 Å². The van der Waals surface area contributed by atoms with E-state index in [0.29, 0.717) is 6.54 Å². The summed E-state index contributed by atoms with van der Waals surface area (Å²) >= 11 is 1.60. The van der Waals surface area contributed by atoms with E-state index in [1.807, 2.05) is 43.3 Å². The lowest BCUT2D eigenvalue weighted by Crippen LogP contribution is -2.18. The predicted molar refractivity (Wildman–Crippen MR) is 110 cm³/mol. The molecule has 1 aliphatic heterocycles. The Morgan fingerprint density at radius 3 is 2.86 bits per heavy atom. The second-order valence-electron chi connectivity index (χ2n) is 6.55. The summed E-state index contributed by atoms with van der Waals surface area (Å²) in [4.78, 5) is 5.79. The predicted octanol–water partition coefficient (Wildman–Crippen LogP) is 3.84. The molecular formula is C21H23N3O3S. The normalized spacial score (nSPS) is 13.2. The van der Waals surface area contributed by atoms with Gasteiger partial charge in [0, 0.05) is 17.5 Å². The average molecular weight is 398 g/mol. The molecule has 0 aliphatic carbocycles. The first-order chi connectivity index (χ1) is 13.7. The van der Waals surface area contributed by atoms with Crippen LogP contribution in [-0.2, 0) is 6.54 Å². The molecular weight excluding hydrogens is 374 g/mol. The maximum absolute atomic E-state index is 5.78. The monoisotopic (exact) mass is 397 g/mol. The van der Waals surface area contributed by atoms with Gasteiger partial charge in [0.1, 0.15) is 11.4 Å². The second-order valence-corrected chi connectivity index (χ2v) is 7.39. The lowest BCUT2D eigenvalue weighted by Gasteiger charge is -2.10. The number of nitrogens with two attached hydrogens (primary N) is 1. The largest absolute Gasteiger partial charge is 0.494 e. The van der Waals surface area contributed by atoms with Crippen molar-refractivity contribution in [3.63, 3.8) is 0 Å². The van der Waals surface area contributed by atoms with Crippen LogP contribution in [0.25, 0.3) is 11.3 Å². The number of aromatic nitrogens is 1. The first-order valence-electron chi connectivity index (χ1n) is 9.17. The van der Waals surface area contributed by atoms with Gasteiger partial charge in [0.15, 0.2) is 16.3 Å². The van der Waals surface area contributed by atoms with E-state index in [1.54, 1.807) is 18.4 Å². The smallest absolute Gasteiger partial charge is 0.231 e. The van der Waals surface area contributed by atoms with Gasteiger partial charge in [-0.05, 0) is 55.8 Å². The Bertz CT molecular complexity index is 1060. The van der Waals surface area contributed by atoms with Crippen molar-refractivity contribution in [1.29, 1.82) is 0 Å². The Morgan fingerprint density at radius 2 is 2.04 bits per heavy atom.